The van der Waals surface area contributed by atoms with Crippen molar-refractivity contribution in [3.8, 4) is 17.6 Å². The summed E-state index contributed by atoms with van der Waals surface area (Å²) in [6.07, 6.45) is 3.20. The summed E-state index contributed by atoms with van der Waals surface area (Å²) in [4.78, 5) is 19.9. The second-order valence-electron chi connectivity index (χ2n) is 8.23. The molecule has 5 rings (SSSR count). The number of nitrogens with zero attached hydrogens (tertiary/aromatic N) is 4. The van der Waals surface area contributed by atoms with Gasteiger partial charge in [0.15, 0.2) is 16.7 Å². The van der Waals surface area contributed by atoms with Crippen LogP contribution < -0.4 is 9.47 Å². The largest absolute Gasteiger partial charge is 0.490 e. The highest BCUT2D eigenvalue weighted by molar-refractivity contribution is 7.99. The summed E-state index contributed by atoms with van der Waals surface area (Å²) < 4.78 is 13.7. The third kappa shape index (κ3) is 4.51. The first-order valence-electron chi connectivity index (χ1n) is 11.4. The summed E-state index contributed by atoms with van der Waals surface area (Å²) >= 11 is 1.45. The van der Waals surface area contributed by atoms with E-state index in [1.54, 1.807) is 0 Å². The van der Waals surface area contributed by atoms with Crippen LogP contribution in [-0.4, -0.2) is 45.9 Å². The van der Waals surface area contributed by atoms with Crippen molar-refractivity contribution in [1.82, 2.24) is 14.5 Å². The van der Waals surface area contributed by atoms with E-state index < -0.39 is 0 Å². The normalized spacial score (nSPS) is 17.7. The predicted molar refractivity (Wildman–Crippen MR) is 126 cm³/mol. The number of fused-ring (bicyclic) bond motifs is 2. The monoisotopic (exact) mass is 462 g/mol. The highest BCUT2D eigenvalue weighted by Crippen LogP contribution is 2.38. The molecule has 1 amide bonds. The Morgan fingerprint density at radius 3 is 2.88 bits per heavy atom. The molecule has 33 heavy (non-hydrogen) atoms. The highest BCUT2D eigenvalue weighted by atomic mass is 32.2. The van der Waals surface area contributed by atoms with Gasteiger partial charge in [0.1, 0.15) is 0 Å². The topological polar surface area (TPSA) is 80.4 Å². The molecule has 3 aromatic rings. The zero-order chi connectivity index (χ0) is 22.6. The number of hydrogen-bond acceptors (Lipinski definition) is 6. The van der Waals surface area contributed by atoms with Crippen LogP contribution in [0.3, 0.4) is 0 Å². The van der Waals surface area contributed by atoms with E-state index in [1.165, 1.54) is 11.8 Å². The number of nitriles is 1. The van der Waals surface area contributed by atoms with Gasteiger partial charge >= 0.3 is 0 Å². The Labute approximate surface area is 197 Å². The van der Waals surface area contributed by atoms with Crippen LogP contribution in [0.25, 0.3) is 11.0 Å². The molecule has 0 spiro atoms. The van der Waals surface area contributed by atoms with E-state index in [-0.39, 0.29) is 11.9 Å². The Bertz CT molecular complexity index is 1200. The van der Waals surface area contributed by atoms with Gasteiger partial charge in [0.05, 0.1) is 48.5 Å². The Kier molecular flexibility index (Phi) is 6.40. The van der Waals surface area contributed by atoms with Gasteiger partial charge in [-0.05, 0) is 42.7 Å². The lowest BCUT2D eigenvalue weighted by atomic mass is 10.0. The second kappa shape index (κ2) is 9.75. The van der Waals surface area contributed by atoms with Gasteiger partial charge in [-0.25, -0.2) is 4.98 Å². The SMILES string of the molecule is N#CCCn1c(SCC(=O)N2CCC[C@@H]2c2ccc3c(c2)OCCCO3)nc2ccccc21. The molecule has 1 aromatic heterocycles. The van der Waals surface area contributed by atoms with Gasteiger partial charge in [-0.2, -0.15) is 5.26 Å². The fourth-order valence-electron chi connectivity index (χ4n) is 4.55. The molecule has 1 atom stereocenters. The van der Waals surface area contributed by atoms with Crippen LogP contribution in [0.15, 0.2) is 47.6 Å². The summed E-state index contributed by atoms with van der Waals surface area (Å²) in [6, 6.07) is 16.2. The van der Waals surface area contributed by atoms with Crippen molar-refractivity contribution >= 4 is 28.7 Å². The van der Waals surface area contributed by atoms with Crippen LogP contribution in [0.5, 0.6) is 11.5 Å². The number of benzene rings is 2. The summed E-state index contributed by atoms with van der Waals surface area (Å²) in [5, 5.41) is 9.83. The summed E-state index contributed by atoms with van der Waals surface area (Å²) in [7, 11) is 0. The van der Waals surface area contributed by atoms with Gasteiger partial charge in [-0.15, -0.1) is 0 Å². The van der Waals surface area contributed by atoms with Crippen molar-refractivity contribution in [3.63, 3.8) is 0 Å². The maximum absolute atomic E-state index is 13.2. The molecule has 170 valence electrons. The van der Waals surface area contributed by atoms with Gasteiger partial charge in [0.2, 0.25) is 5.91 Å². The van der Waals surface area contributed by atoms with Gasteiger partial charge in [-0.1, -0.05) is 30.0 Å². The van der Waals surface area contributed by atoms with E-state index in [4.69, 9.17) is 19.7 Å². The number of hydrogen-bond donors (Lipinski definition) is 0. The minimum absolute atomic E-state index is 0.0488. The molecule has 2 aromatic carbocycles. The van der Waals surface area contributed by atoms with E-state index in [0.717, 1.165) is 59.1 Å². The Hall–Kier alpha value is -3.18. The minimum atomic E-state index is 0.0488. The van der Waals surface area contributed by atoms with Gasteiger partial charge in [0, 0.05) is 19.5 Å². The standard InChI is InChI=1S/C25H26N4O3S/c26-11-4-13-29-21-7-2-1-6-19(21)27-25(29)33-17-24(30)28-12-3-8-20(28)18-9-10-22-23(16-18)32-15-5-14-31-22/h1-2,6-7,9-10,16,20H,3-5,8,12-15,17H2/t20-/m1/s1. The number of aromatic nitrogens is 2. The molecular weight excluding hydrogens is 436 g/mol. The predicted octanol–water partition coefficient (Wildman–Crippen LogP) is 4.57. The number of ether oxygens (including phenoxy) is 2. The highest BCUT2D eigenvalue weighted by Gasteiger charge is 2.31. The summed E-state index contributed by atoms with van der Waals surface area (Å²) in [5.41, 5.74) is 2.97. The van der Waals surface area contributed by atoms with Crippen molar-refractivity contribution in [2.24, 2.45) is 0 Å². The molecule has 2 aliphatic heterocycles. The first kappa shape index (κ1) is 21.7. The van der Waals surface area contributed by atoms with Crippen LogP contribution in [0.4, 0.5) is 0 Å². The lowest BCUT2D eigenvalue weighted by molar-refractivity contribution is -0.129. The minimum Gasteiger partial charge on any atom is -0.490 e. The molecular formula is C25H26N4O3S. The molecule has 0 aliphatic carbocycles. The van der Waals surface area contributed by atoms with Crippen molar-refractivity contribution < 1.29 is 14.3 Å². The van der Waals surface area contributed by atoms with Crippen LogP contribution in [0, 0.1) is 11.3 Å². The fourth-order valence-corrected chi connectivity index (χ4v) is 5.48. The number of carbonyl (C=O) groups is 1. The van der Waals surface area contributed by atoms with Crippen LogP contribution in [0.2, 0.25) is 0 Å². The quantitative estimate of drug-likeness (QED) is 0.500. The smallest absolute Gasteiger partial charge is 0.233 e. The molecule has 0 radical (unpaired) electrons. The summed E-state index contributed by atoms with van der Waals surface area (Å²) in [6.45, 7) is 2.63. The average Bonchev–Trinajstić information content (AvgIpc) is 3.39. The van der Waals surface area contributed by atoms with E-state index in [0.29, 0.717) is 31.9 Å². The zero-order valence-corrected chi connectivity index (χ0v) is 19.2. The molecule has 3 heterocycles. The van der Waals surface area contributed by atoms with Crippen LogP contribution in [-0.2, 0) is 11.3 Å². The van der Waals surface area contributed by atoms with E-state index in [9.17, 15) is 4.79 Å². The first-order chi connectivity index (χ1) is 16.2. The molecule has 0 bridgehead atoms. The number of aryl methyl sites for hydroxylation is 1. The van der Waals surface area contributed by atoms with Crippen LogP contribution >= 0.6 is 11.8 Å². The number of para-hydroxylation sites is 2. The maximum atomic E-state index is 13.2. The van der Waals surface area contributed by atoms with Crippen molar-refractivity contribution in [1.29, 1.82) is 5.26 Å². The number of likely N-dealkylation sites (tertiary alicyclic amines) is 1. The van der Waals surface area contributed by atoms with E-state index >= 15 is 0 Å². The zero-order valence-electron chi connectivity index (χ0n) is 18.4. The van der Waals surface area contributed by atoms with Gasteiger partial charge < -0.3 is 18.9 Å². The number of carbonyl (C=O) groups excluding carboxylic acids is 1. The molecule has 1 fully saturated rings. The number of imidazole rings is 1. The van der Waals surface area contributed by atoms with Crippen molar-refractivity contribution in [2.45, 2.75) is 43.4 Å². The molecule has 1 saturated heterocycles. The Morgan fingerprint density at radius 2 is 2.00 bits per heavy atom. The Morgan fingerprint density at radius 1 is 1.15 bits per heavy atom. The molecule has 0 unspecified atom stereocenters. The van der Waals surface area contributed by atoms with Crippen molar-refractivity contribution in [2.75, 3.05) is 25.5 Å². The van der Waals surface area contributed by atoms with Gasteiger partial charge in [0.25, 0.3) is 0 Å². The number of amides is 1. The van der Waals surface area contributed by atoms with Crippen LogP contribution in [0.1, 0.15) is 37.3 Å². The number of rotatable bonds is 6. The lowest BCUT2D eigenvalue weighted by Gasteiger charge is -2.25. The maximum Gasteiger partial charge on any atom is 0.233 e. The Balaban J connectivity index is 1.31. The number of thioether (sulfide) groups is 1. The third-order valence-corrected chi connectivity index (χ3v) is 7.08. The van der Waals surface area contributed by atoms with E-state index in [2.05, 4.69) is 12.1 Å². The van der Waals surface area contributed by atoms with Crippen molar-refractivity contribution in [3.05, 3.63) is 48.0 Å². The fraction of sp³-hybridized carbons (Fsp3) is 0.400. The second-order valence-corrected chi connectivity index (χ2v) is 9.18. The molecule has 8 heteroatoms. The lowest BCUT2D eigenvalue weighted by Crippen LogP contribution is -2.32. The first-order valence-corrected chi connectivity index (χ1v) is 12.4. The van der Waals surface area contributed by atoms with E-state index in [1.807, 2.05) is 45.9 Å². The molecule has 0 N–H and O–H groups in total. The molecule has 2 aliphatic rings. The van der Waals surface area contributed by atoms with Gasteiger partial charge in [-0.3, -0.25) is 4.79 Å². The summed E-state index contributed by atoms with van der Waals surface area (Å²) in [5.74, 6) is 1.97. The average molecular weight is 463 g/mol. The molecule has 7 nitrogen and oxygen atoms in total. The molecule has 0 saturated carbocycles. The third-order valence-electron chi connectivity index (χ3n) is 6.12.